The maximum atomic E-state index is 12.9. The molecule has 3 rings (SSSR count). The number of hydrogen-bond acceptors (Lipinski definition) is 4. The lowest BCUT2D eigenvalue weighted by atomic mass is 10.2. The van der Waals surface area contributed by atoms with Crippen LogP contribution in [0.3, 0.4) is 0 Å². The fourth-order valence-electron chi connectivity index (χ4n) is 2.45. The lowest BCUT2D eigenvalue weighted by Gasteiger charge is -2.19. The normalized spacial score (nSPS) is 13.8. The molecule has 0 aliphatic carbocycles. The molecule has 2 aromatic carbocycles. The molecule has 1 aliphatic heterocycles. The molecule has 0 saturated heterocycles. The number of ether oxygens (including phenoxy) is 1. The van der Waals surface area contributed by atoms with Crippen molar-refractivity contribution in [1.29, 1.82) is 0 Å². The monoisotopic (exact) mass is 360 g/mol. The Labute approximate surface area is 150 Å². The Hall–Kier alpha value is -1.98. The van der Waals surface area contributed by atoms with Gasteiger partial charge in [0.05, 0.1) is 19.2 Å². The second-order valence-electron chi connectivity index (χ2n) is 5.24. The Morgan fingerprint density at radius 2 is 2.08 bits per heavy atom. The van der Waals surface area contributed by atoms with E-state index in [0.29, 0.717) is 29.4 Å². The van der Waals surface area contributed by atoms with Crippen molar-refractivity contribution in [1.82, 2.24) is 4.90 Å². The summed E-state index contributed by atoms with van der Waals surface area (Å²) in [7, 11) is 1.54. The molecule has 2 aromatic rings. The second-order valence-corrected chi connectivity index (χ2v) is 6.62. The Morgan fingerprint density at radius 1 is 1.29 bits per heavy atom. The highest BCUT2D eigenvalue weighted by molar-refractivity contribution is 8.13. The average Bonchev–Trinajstić information content (AvgIpc) is 3.08. The molecule has 6 heteroatoms. The zero-order valence-electron chi connectivity index (χ0n) is 13.2. The van der Waals surface area contributed by atoms with E-state index in [4.69, 9.17) is 16.3 Å². The maximum Gasteiger partial charge on any atom is 0.263 e. The molecule has 0 spiro atoms. The highest BCUT2D eigenvalue weighted by atomic mass is 35.5. The van der Waals surface area contributed by atoms with Gasteiger partial charge in [0, 0.05) is 17.3 Å². The quantitative estimate of drug-likeness (QED) is 0.824. The van der Waals surface area contributed by atoms with Gasteiger partial charge in [-0.15, -0.1) is 0 Å². The van der Waals surface area contributed by atoms with Gasteiger partial charge in [-0.3, -0.25) is 14.7 Å². The third-order valence-electron chi connectivity index (χ3n) is 3.65. The fourth-order valence-corrected chi connectivity index (χ4v) is 3.63. The molecule has 1 heterocycles. The van der Waals surface area contributed by atoms with Crippen LogP contribution in [0.5, 0.6) is 5.75 Å². The highest BCUT2D eigenvalue weighted by Gasteiger charge is 2.27. The van der Waals surface area contributed by atoms with Gasteiger partial charge >= 0.3 is 0 Å². The van der Waals surface area contributed by atoms with E-state index < -0.39 is 0 Å². The van der Waals surface area contributed by atoms with Gasteiger partial charge in [0.1, 0.15) is 5.75 Å². The molecule has 24 heavy (non-hydrogen) atoms. The molecule has 0 bridgehead atoms. The molecule has 0 N–H and O–H groups in total. The summed E-state index contributed by atoms with van der Waals surface area (Å²) in [5, 5.41) is 1.25. The lowest BCUT2D eigenvalue weighted by Crippen LogP contribution is -2.33. The number of amidine groups is 1. The van der Waals surface area contributed by atoms with E-state index in [1.54, 1.807) is 42.0 Å². The topological polar surface area (TPSA) is 41.9 Å². The molecular weight excluding hydrogens is 344 g/mol. The zero-order valence-corrected chi connectivity index (χ0v) is 14.8. The molecule has 1 amide bonds. The minimum atomic E-state index is -0.133. The Kier molecular flexibility index (Phi) is 5.43. The van der Waals surface area contributed by atoms with Gasteiger partial charge in [0.2, 0.25) is 0 Å². The summed E-state index contributed by atoms with van der Waals surface area (Å²) in [6.07, 6.45) is 0. The number of carbonyl (C=O) groups is 1. The van der Waals surface area contributed by atoms with E-state index in [9.17, 15) is 4.79 Å². The van der Waals surface area contributed by atoms with Gasteiger partial charge in [-0.05, 0) is 23.8 Å². The van der Waals surface area contributed by atoms with Crippen LogP contribution in [0.15, 0.2) is 53.5 Å². The summed E-state index contributed by atoms with van der Waals surface area (Å²) < 4.78 is 5.29. The minimum Gasteiger partial charge on any atom is -0.496 e. The number of nitrogens with zero attached hydrogens (tertiary/aromatic N) is 2. The lowest BCUT2D eigenvalue weighted by molar-refractivity contribution is 0.0857. The van der Waals surface area contributed by atoms with E-state index in [1.165, 1.54) is 5.56 Å². The number of carbonyl (C=O) groups excluding carboxylic acids is 1. The van der Waals surface area contributed by atoms with Crippen molar-refractivity contribution in [2.75, 3.05) is 20.2 Å². The minimum absolute atomic E-state index is 0.133. The van der Waals surface area contributed by atoms with Crippen LogP contribution in [0.25, 0.3) is 0 Å². The van der Waals surface area contributed by atoms with Crippen LogP contribution in [-0.4, -0.2) is 36.2 Å². The first-order chi connectivity index (χ1) is 11.7. The molecule has 0 atom stereocenters. The van der Waals surface area contributed by atoms with E-state index in [2.05, 4.69) is 17.1 Å². The number of halogens is 1. The number of rotatable bonds is 4. The Morgan fingerprint density at radius 3 is 2.83 bits per heavy atom. The van der Waals surface area contributed by atoms with Crippen molar-refractivity contribution in [3.05, 3.63) is 64.7 Å². The van der Waals surface area contributed by atoms with Gasteiger partial charge < -0.3 is 4.74 Å². The van der Waals surface area contributed by atoms with Crippen molar-refractivity contribution < 1.29 is 9.53 Å². The number of methoxy groups -OCH3 is 1. The van der Waals surface area contributed by atoms with Gasteiger partial charge in [0.25, 0.3) is 5.91 Å². The average molecular weight is 361 g/mol. The predicted molar refractivity (Wildman–Crippen MR) is 99.1 cm³/mol. The third-order valence-corrected chi connectivity index (χ3v) is 4.97. The van der Waals surface area contributed by atoms with Gasteiger partial charge in [-0.25, -0.2) is 0 Å². The van der Waals surface area contributed by atoms with E-state index in [-0.39, 0.29) is 5.91 Å². The molecule has 124 valence electrons. The number of hydrogen-bond donors (Lipinski definition) is 0. The Balaban J connectivity index is 1.75. The molecule has 0 unspecified atom stereocenters. The number of thioether (sulfide) groups is 1. The molecule has 0 radical (unpaired) electrons. The van der Waals surface area contributed by atoms with Crippen LogP contribution in [0.2, 0.25) is 5.02 Å². The van der Waals surface area contributed by atoms with Gasteiger partial charge in [-0.1, -0.05) is 53.7 Å². The largest absolute Gasteiger partial charge is 0.496 e. The van der Waals surface area contributed by atoms with Crippen molar-refractivity contribution in [3.63, 3.8) is 0 Å². The van der Waals surface area contributed by atoms with Crippen LogP contribution in [-0.2, 0) is 5.75 Å². The smallest absolute Gasteiger partial charge is 0.263 e. The molecule has 0 saturated carbocycles. The van der Waals surface area contributed by atoms with Gasteiger partial charge in [0.15, 0.2) is 5.17 Å². The molecule has 1 aliphatic rings. The zero-order chi connectivity index (χ0) is 16.9. The van der Waals surface area contributed by atoms with Crippen molar-refractivity contribution >= 4 is 34.4 Å². The summed E-state index contributed by atoms with van der Waals surface area (Å²) in [6, 6.07) is 15.2. The molecule has 0 fully saturated rings. The Bertz CT molecular complexity index is 765. The van der Waals surface area contributed by atoms with Crippen molar-refractivity contribution in [2.45, 2.75) is 5.75 Å². The summed E-state index contributed by atoms with van der Waals surface area (Å²) in [5.74, 6) is 1.16. The van der Waals surface area contributed by atoms with Gasteiger partial charge in [-0.2, -0.15) is 0 Å². The summed E-state index contributed by atoms with van der Waals surface area (Å²) in [6.45, 7) is 1.19. The van der Waals surface area contributed by atoms with Crippen LogP contribution in [0, 0.1) is 0 Å². The first-order valence-electron chi connectivity index (χ1n) is 7.55. The first kappa shape index (κ1) is 16.9. The summed E-state index contributed by atoms with van der Waals surface area (Å²) in [5.41, 5.74) is 1.66. The highest BCUT2D eigenvalue weighted by Crippen LogP contribution is 2.27. The predicted octanol–water partition coefficient (Wildman–Crippen LogP) is 4.09. The fraction of sp³-hybridized carbons (Fsp3) is 0.222. The van der Waals surface area contributed by atoms with Crippen LogP contribution in [0.4, 0.5) is 0 Å². The molecule has 4 nitrogen and oxygen atoms in total. The summed E-state index contributed by atoms with van der Waals surface area (Å²) >= 11 is 7.61. The molecule has 0 aromatic heterocycles. The van der Waals surface area contributed by atoms with Crippen LogP contribution >= 0.6 is 23.4 Å². The van der Waals surface area contributed by atoms with Crippen molar-refractivity contribution in [2.24, 2.45) is 4.99 Å². The maximum absolute atomic E-state index is 12.9. The van der Waals surface area contributed by atoms with Crippen molar-refractivity contribution in [3.8, 4) is 5.75 Å². The third kappa shape index (κ3) is 3.74. The standard InChI is InChI=1S/C18H17ClN2O2S/c1-23-16-8-7-14(19)11-15(16)17(22)21-10-9-20-18(21)24-12-13-5-3-2-4-6-13/h2-8,11H,9-10,12H2,1H3. The van der Waals surface area contributed by atoms with Crippen LogP contribution in [0.1, 0.15) is 15.9 Å². The van der Waals surface area contributed by atoms with Crippen LogP contribution < -0.4 is 4.74 Å². The number of aliphatic imine (C=N–C) groups is 1. The number of benzene rings is 2. The molecular formula is C18H17ClN2O2S. The first-order valence-corrected chi connectivity index (χ1v) is 8.92. The SMILES string of the molecule is COc1ccc(Cl)cc1C(=O)N1CCN=C1SCc1ccccc1. The number of amides is 1. The van der Waals surface area contributed by atoms with E-state index >= 15 is 0 Å². The van der Waals surface area contributed by atoms with E-state index in [1.807, 2.05) is 18.2 Å². The summed E-state index contributed by atoms with van der Waals surface area (Å²) in [4.78, 5) is 19.1. The van der Waals surface area contributed by atoms with E-state index in [0.717, 1.165) is 10.9 Å². The second kappa shape index (κ2) is 7.73.